The summed E-state index contributed by atoms with van der Waals surface area (Å²) in [6.07, 6.45) is 6.81. The second kappa shape index (κ2) is 5.99. The molecular formula is C13H16N4O2. The molecule has 0 saturated carbocycles. The third kappa shape index (κ3) is 3.54. The number of amides is 1. The zero-order valence-corrected chi connectivity index (χ0v) is 10.7. The lowest BCUT2D eigenvalue weighted by Gasteiger charge is -2.13. The first-order valence-electron chi connectivity index (χ1n) is 6.04. The van der Waals surface area contributed by atoms with Crippen molar-refractivity contribution in [2.24, 2.45) is 5.92 Å². The van der Waals surface area contributed by atoms with Crippen molar-refractivity contribution in [1.82, 2.24) is 19.9 Å². The molecule has 0 saturated heterocycles. The standard InChI is InChI=1S/C13H16N4O2/c1-10(8-17-6-5-14-9-17)7-16-13(19)12-11(18)3-2-4-15-12/h2-6,9-10,18H,7-8H2,1H3,(H,16,19). The van der Waals surface area contributed by atoms with E-state index >= 15 is 0 Å². The van der Waals surface area contributed by atoms with E-state index in [1.165, 1.54) is 12.3 Å². The summed E-state index contributed by atoms with van der Waals surface area (Å²) in [5.41, 5.74) is 0.0531. The third-order valence-electron chi connectivity index (χ3n) is 2.69. The van der Waals surface area contributed by atoms with Gasteiger partial charge in [-0.15, -0.1) is 0 Å². The third-order valence-corrected chi connectivity index (χ3v) is 2.69. The minimum atomic E-state index is -0.365. The lowest BCUT2D eigenvalue weighted by molar-refractivity contribution is 0.0939. The molecule has 0 spiro atoms. The van der Waals surface area contributed by atoms with Gasteiger partial charge in [-0.05, 0) is 18.1 Å². The van der Waals surface area contributed by atoms with Crippen molar-refractivity contribution in [3.8, 4) is 5.75 Å². The Morgan fingerprint density at radius 2 is 2.37 bits per heavy atom. The van der Waals surface area contributed by atoms with E-state index in [-0.39, 0.29) is 23.3 Å². The normalized spacial score (nSPS) is 12.1. The highest BCUT2D eigenvalue weighted by Crippen LogP contribution is 2.12. The fourth-order valence-corrected chi connectivity index (χ4v) is 1.74. The summed E-state index contributed by atoms with van der Waals surface area (Å²) in [6, 6.07) is 3.02. The molecule has 1 atom stereocenters. The number of rotatable bonds is 5. The van der Waals surface area contributed by atoms with Crippen LogP contribution < -0.4 is 5.32 Å². The van der Waals surface area contributed by atoms with Gasteiger partial charge in [-0.1, -0.05) is 6.92 Å². The summed E-state index contributed by atoms with van der Waals surface area (Å²) >= 11 is 0. The number of nitrogens with zero attached hydrogens (tertiary/aromatic N) is 3. The Morgan fingerprint density at radius 3 is 3.05 bits per heavy atom. The molecule has 2 heterocycles. The summed E-state index contributed by atoms with van der Waals surface area (Å²) < 4.78 is 1.95. The van der Waals surface area contributed by atoms with E-state index in [4.69, 9.17) is 0 Å². The van der Waals surface area contributed by atoms with Crippen LogP contribution in [0.3, 0.4) is 0 Å². The number of carbonyl (C=O) groups excluding carboxylic acids is 1. The summed E-state index contributed by atoms with van der Waals surface area (Å²) in [4.78, 5) is 19.6. The van der Waals surface area contributed by atoms with Crippen LogP contribution in [0, 0.1) is 5.92 Å². The average Bonchev–Trinajstić information content (AvgIpc) is 2.89. The smallest absolute Gasteiger partial charge is 0.273 e. The van der Waals surface area contributed by atoms with E-state index in [1.54, 1.807) is 18.6 Å². The van der Waals surface area contributed by atoms with Crippen LogP contribution in [0.5, 0.6) is 5.75 Å². The number of hydrogen-bond donors (Lipinski definition) is 2. The fraction of sp³-hybridized carbons (Fsp3) is 0.308. The molecule has 1 amide bonds. The van der Waals surface area contributed by atoms with Crippen molar-refractivity contribution in [3.63, 3.8) is 0 Å². The van der Waals surface area contributed by atoms with Gasteiger partial charge in [-0.2, -0.15) is 0 Å². The zero-order chi connectivity index (χ0) is 13.7. The van der Waals surface area contributed by atoms with Crippen molar-refractivity contribution in [2.75, 3.05) is 6.54 Å². The molecule has 0 radical (unpaired) electrons. The number of nitrogens with one attached hydrogen (secondary N) is 1. The van der Waals surface area contributed by atoms with E-state index in [2.05, 4.69) is 15.3 Å². The Kier molecular flexibility index (Phi) is 4.12. The van der Waals surface area contributed by atoms with Crippen LogP contribution in [-0.2, 0) is 6.54 Å². The lowest BCUT2D eigenvalue weighted by atomic mass is 10.2. The van der Waals surface area contributed by atoms with Crippen LogP contribution in [0.4, 0.5) is 0 Å². The van der Waals surface area contributed by atoms with E-state index in [1.807, 2.05) is 17.7 Å². The van der Waals surface area contributed by atoms with Gasteiger partial charge >= 0.3 is 0 Å². The van der Waals surface area contributed by atoms with Crippen LogP contribution in [0.1, 0.15) is 17.4 Å². The monoisotopic (exact) mass is 260 g/mol. The van der Waals surface area contributed by atoms with Crippen molar-refractivity contribution in [2.45, 2.75) is 13.5 Å². The van der Waals surface area contributed by atoms with Gasteiger partial charge in [0.1, 0.15) is 5.75 Å². The molecule has 0 aliphatic carbocycles. The Balaban J connectivity index is 1.85. The van der Waals surface area contributed by atoms with Gasteiger partial charge in [0, 0.05) is 31.7 Å². The summed E-state index contributed by atoms with van der Waals surface area (Å²) in [5.74, 6) is -0.221. The van der Waals surface area contributed by atoms with Crippen LogP contribution in [0.25, 0.3) is 0 Å². The number of aromatic nitrogens is 3. The molecule has 6 nitrogen and oxygen atoms in total. The van der Waals surface area contributed by atoms with Crippen LogP contribution in [-0.4, -0.2) is 32.1 Å². The van der Waals surface area contributed by atoms with Gasteiger partial charge in [-0.3, -0.25) is 4.79 Å². The van der Waals surface area contributed by atoms with Gasteiger partial charge in [0.25, 0.3) is 5.91 Å². The van der Waals surface area contributed by atoms with Gasteiger partial charge in [0.15, 0.2) is 5.69 Å². The average molecular weight is 260 g/mol. The van der Waals surface area contributed by atoms with Crippen LogP contribution >= 0.6 is 0 Å². The molecule has 0 aliphatic rings. The molecule has 100 valence electrons. The van der Waals surface area contributed by atoms with E-state index in [9.17, 15) is 9.90 Å². The molecule has 2 rings (SSSR count). The van der Waals surface area contributed by atoms with E-state index in [0.717, 1.165) is 6.54 Å². The number of hydrogen-bond acceptors (Lipinski definition) is 4. The first-order chi connectivity index (χ1) is 9.16. The first-order valence-corrected chi connectivity index (χ1v) is 6.04. The van der Waals surface area contributed by atoms with Crippen LogP contribution in [0.15, 0.2) is 37.1 Å². The number of imidazole rings is 1. The van der Waals surface area contributed by atoms with Crippen molar-refractivity contribution in [1.29, 1.82) is 0 Å². The van der Waals surface area contributed by atoms with Gasteiger partial charge < -0.3 is 15.0 Å². The molecule has 2 aromatic heterocycles. The van der Waals surface area contributed by atoms with Gasteiger partial charge in [0.05, 0.1) is 6.33 Å². The predicted molar refractivity (Wildman–Crippen MR) is 69.6 cm³/mol. The van der Waals surface area contributed by atoms with E-state index < -0.39 is 0 Å². The Morgan fingerprint density at radius 1 is 1.53 bits per heavy atom. The molecule has 2 aromatic rings. The number of carbonyl (C=O) groups is 1. The minimum absolute atomic E-state index is 0.0531. The topological polar surface area (TPSA) is 80.0 Å². The maximum atomic E-state index is 11.8. The molecule has 19 heavy (non-hydrogen) atoms. The SMILES string of the molecule is CC(CNC(=O)c1ncccc1O)Cn1ccnc1. The summed E-state index contributed by atoms with van der Waals surface area (Å²) in [6.45, 7) is 3.31. The maximum Gasteiger partial charge on any atom is 0.273 e. The van der Waals surface area contributed by atoms with Crippen molar-refractivity contribution >= 4 is 5.91 Å². The molecule has 2 N–H and O–H groups in total. The van der Waals surface area contributed by atoms with E-state index in [0.29, 0.717) is 6.54 Å². The van der Waals surface area contributed by atoms with Crippen molar-refractivity contribution < 1.29 is 9.90 Å². The molecule has 0 aromatic carbocycles. The van der Waals surface area contributed by atoms with Gasteiger partial charge in [-0.25, -0.2) is 9.97 Å². The highest BCUT2D eigenvalue weighted by molar-refractivity contribution is 5.94. The Bertz CT molecular complexity index is 539. The maximum absolute atomic E-state index is 11.8. The largest absolute Gasteiger partial charge is 0.505 e. The fourth-order valence-electron chi connectivity index (χ4n) is 1.74. The predicted octanol–water partition coefficient (Wildman–Crippen LogP) is 1.05. The molecule has 0 fully saturated rings. The first kappa shape index (κ1) is 13.1. The van der Waals surface area contributed by atoms with Gasteiger partial charge in [0.2, 0.25) is 0 Å². The summed E-state index contributed by atoms with van der Waals surface area (Å²) in [5, 5.41) is 12.3. The molecule has 0 bridgehead atoms. The number of pyridine rings is 1. The zero-order valence-electron chi connectivity index (χ0n) is 10.7. The summed E-state index contributed by atoms with van der Waals surface area (Å²) in [7, 11) is 0. The lowest BCUT2D eigenvalue weighted by Crippen LogP contribution is -2.30. The quantitative estimate of drug-likeness (QED) is 0.842. The van der Waals surface area contributed by atoms with Crippen LogP contribution in [0.2, 0.25) is 0 Å². The molecule has 1 unspecified atom stereocenters. The minimum Gasteiger partial charge on any atom is -0.505 e. The molecule has 0 aliphatic heterocycles. The number of aromatic hydroxyl groups is 1. The molecule has 6 heteroatoms. The molecular weight excluding hydrogens is 244 g/mol. The second-order valence-corrected chi connectivity index (χ2v) is 4.45. The Hall–Kier alpha value is -2.37. The highest BCUT2D eigenvalue weighted by atomic mass is 16.3. The highest BCUT2D eigenvalue weighted by Gasteiger charge is 2.13. The Labute approximate surface area is 111 Å². The second-order valence-electron chi connectivity index (χ2n) is 4.45. The van der Waals surface area contributed by atoms with Crippen molar-refractivity contribution in [3.05, 3.63) is 42.7 Å².